The maximum atomic E-state index is 6.11. The summed E-state index contributed by atoms with van der Waals surface area (Å²) in [6.45, 7) is 2.00. The second kappa shape index (κ2) is 6.10. The first-order valence-electron chi connectivity index (χ1n) is 4.78. The Morgan fingerprint density at radius 3 is 2.71 bits per heavy atom. The number of aromatic nitrogens is 2. The Hall–Kier alpha value is -0.960. The van der Waals surface area contributed by atoms with Crippen LogP contribution in [0.25, 0.3) is 11.8 Å². The highest BCUT2D eigenvalue weighted by atomic mass is 35.5. The van der Waals surface area contributed by atoms with Crippen molar-refractivity contribution >= 4 is 47.4 Å². The number of rotatable bonds is 2. The summed E-state index contributed by atoms with van der Waals surface area (Å²) >= 11 is 12.0. The van der Waals surface area contributed by atoms with E-state index in [4.69, 9.17) is 23.2 Å². The van der Waals surface area contributed by atoms with Gasteiger partial charge in [0.05, 0.1) is 6.33 Å². The molecule has 1 aromatic heterocycles. The second-order valence-corrected chi connectivity index (χ2v) is 4.29. The molecular weight excluding hydrogens is 279 g/mol. The van der Waals surface area contributed by atoms with Crippen molar-refractivity contribution in [1.82, 2.24) is 9.55 Å². The SMILES string of the molecule is C/C(=C\n1ccnc1)c1ccc(Cl)cc1Cl.Cl. The van der Waals surface area contributed by atoms with Gasteiger partial charge in [-0.1, -0.05) is 29.3 Å². The Labute approximate surface area is 116 Å². The Kier molecular flexibility index (Phi) is 5.06. The van der Waals surface area contributed by atoms with Crippen molar-refractivity contribution in [2.75, 3.05) is 0 Å². The smallest absolute Gasteiger partial charge is 0.0986 e. The van der Waals surface area contributed by atoms with Crippen LogP contribution >= 0.6 is 35.6 Å². The van der Waals surface area contributed by atoms with Crippen molar-refractivity contribution in [1.29, 1.82) is 0 Å². The van der Waals surface area contributed by atoms with Gasteiger partial charge in [-0.25, -0.2) is 4.98 Å². The molecule has 0 N–H and O–H groups in total. The van der Waals surface area contributed by atoms with E-state index in [2.05, 4.69) is 4.98 Å². The van der Waals surface area contributed by atoms with Gasteiger partial charge in [0.1, 0.15) is 0 Å². The molecule has 1 heterocycles. The molecule has 5 heteroatoms. The molecule has 2 rings (SSSR count). The van der Waals surface area contributed by atoms with Gasteiger partial charge in [0, 0.05) is 28.6 Å². The van der Waals surface area contributed by atoms with E-state index in [-0.39, 0.29) is 12.4 Å². The Morgan fingerprint density at radius 1 is 1.35 bits per heavy atom. The van der Waals surface area contributed by atoms with Crippen molar-refractivity contribution in [2.45, 2.75) is 6.92 Å². The maximum Gasteiger partial charge on any atom is 0.0986 e. The van der Waals surface area contributed by atoms with Gasteiger partial charge >= 0.3 is 0 Å². The summed E-state index contributed by atoms with van der Waals surface area (Å²) < 4.78 is 1.88. The van der Waals surface area contributed by atoms with Crippen LogP contribution in [0.1, 0.15) is 12.5 Å². The number of hydrogen-bond acceptors (Lipinski definition) is 1. The molecular formula is C12H11Cl3N2. The predicted octanol–water partition coefficient (Wildman–Crippen LogP) is 4.63. The molecule has 17 heavy (non-hydrogen) atoms. The van der Waals surface area contributed by atoms with Gasteiger partial charge < -0.3 is 4.57 Å². The lowest BCUT2D eigenvalue weighted by molar-refractivity contribution is 1.14. The van der Waals surface area contributed by atoms with E-state index >= 15 is 0 Å². The third-order valence-electron chi connectivity index (χ3n) is 2.22. The first-order chi connectivity index (χ1) is 7.66. The maximum absolute atomic E-state index is 6.11. The van der Waals surface area contributed by atoms with Crippen LogP contribution in [-0.4, -0.2) is 9.55 Å². The minimum Gasteiger partial charge on any atom is -0.313 e. The largest absolute Gasteiger partial charge is 0.313 e. The van der Waals surface area contributed by atoms with E-state index in [1.54, 1.807) is 18.6 Å². The highest BCUT2D eigenvalue weighted by Crippen LogP contribution is 2.27. The minimum absolute atomic E-state index is 0. The van der Waals surface area contributed by atoms with Gasteiger partial charge in [0.15, 0.2) is 0 Å². The zero-order chi connectivity index (χ0) is 11.5. The average Bonchev–Trinajstić information content (AvgIpc) is 2.70. The van der Waals surface area contributed by atoms with Crippen molar-refractivity contribution in [2.24, 2.45) is 0 Å². The summed E-state index contributed by atoms with van der Waals surface area (Å²) in [5.74, 6) is 0. The lowest BCUT2D eigenvalue weighted by Gasteiger charge is -2.05. The third-order valence-corrected chi connectivity index (χ3v) is 2.77. The standard InChI is InChI=1S/C12H10Cl2N2.ClH/c1-9(7-16-5-4-15-8-16)11-3-2-10(13)6-12(11)14;/h2-8H,1H3;1H/b9-7+;. The molecule has 0 aliphatic carbocycles. The van der Waals surface area contributed by atoms with Crippen LogP contribution in [-0.2, 0) is 0 Å². The Morgan fingerprint density at radius 2 is 2.12 bits per heavy atom. The fourth-order valence-corrected chi connectivity index (χ4v) is 2.01. The van der Waals surface area contributed by atoms with E-state index < -0.39 is 0 Å². The Balaban J connectivity index is 0.00000144. The highest BCUT2D eigenvalue weighted by molar-refractivity contribution is 6.35. The van der Waals surface area contributed by atoms with Gasteiger partial charge in [0.25, 0.3) is 0 Å². The summed E-state index contributed by atoms with van der Waals surface area (Å²) in [4.78, 5) is 3.97. The van der Waals surface area contributed by atoms with Crippen molar-refractivity contribution in [3.05, 3.63) is 52.5 Å². The van der Waals surface area contributed by atoms with Crippen LogP contribution in [0, 0.1) is 0 Å². The fraction of sp³-hybridized carbons (Fsp3) is 0.0833. The number of allylic oxidation sites excluding steroid dienone is 1. The molecule has 0 unspecified atom stereocenters. The zero-order valence-corrected chi connectivity index (χ0v) is 11.4. The van der Waals surface area contributed by atoms with Gasteiger partial charge in [0.2, 0.25) is 0 Å². The average molecular weight is 290 g/mol. The van der Waals surface area contributed by atoms with Gasteiger partial charge in [-0.2, -0.15) is 0 Å². The number of nitrogens with zero attached hydrogens (tertiary/aromatic N) is 2. The molecule has 0 atom stereocenters. The molecule has 0 radical (unpaired) electrons. The van der Waals surface area contributed by atoms with E-state index in [1.165, 1.54) is 0 Å². The number of halogens is 3. The molecule has 1 aromatic carbocycles. The molecule has 0 spiro atoms. The highest BCUT2D eigenvalue weighted by Gasteiger charge is 2.03. The van der Waals surface area contributed by atoms with Gasteiger partial charge in [-0.3, -0.25) is 0 Å². The van der Waals surface area contributed by atoms with Gasteiger partial charge in [-0.05, 0) is 30.2 Å². The molecule has 0 bridgehead atoms. The molecule has 2 nitrogen and oxygen atoms in total. The van der Waals surface area contributed by atoms with Crippen LogP contribution in [0.4, 0.5) is 0 Å². The lowest BCUT2D eigenvalue weighted by atomic mass is 10.1. The van der Waals surface area contributed by atoms with Crippen molar-refractivity contribution < 1.29 is 0 Å². The van der Waals surface area contributed by atoms with Crippen LogP contribution < -0.4 is 0 Å². The molecule has 90 valence electrons. The van der Waals surface area contributed by atoms with Crippen LogP contribution in [0.15, 0.2) is 36.9 Å². The van der Waals surface area contributed by atoms with E-state index in [0.717, 1.165) is 11.1 Å². The Bertz CT molecular complexity index is 519. The minimum atomic E-state index is 0. The quantitative estimate of drug-likeness (QED) is 0.788. The molecule has 2 aromatic rings. The second-order valence-electron chi connectivity index (χ2n) is 3.45. The zero-order valence-electron chi connectivity index (χ0n) is 9.10. The van der Waals surface area contributed by atoms with Crippen molar-refractivity contribution in [3.63, 3.8) is 0 Å². The number of imidazole rings is 1. The lowest BCUT2D eigenvalue weighted by Crippen LogP contribution is -1.86. The number of hydrogen-bond donors (Lipinski definition) is 0. The van der Waals surface area contributed by atoms with E-state index in [9.17, 15) is 0 Å². The molecule has 0 aliphatic rings. The first kappa shape index (κ1) is 14.1. The summed E-state index contributed by atoms with van der Waals surface area (Å²) in [6.07, 6.45) is 7.29. The van der Waals surface area contributed by atoms with Crippen molar-refractivity contribution in [3.8, 4) is 0 Å². The summed E-state index contributed by atoms with van der Waals surface area (Å²) in [5, 5.41) is 1.30. The van der Waals surface area contributed by atoms with Gasteiger partial charge in [-0.15, -0.1) is 12.4 Å². The summed E-state index contributed by atoms with van der Waals surface area (Å²) in [5.41, 5.74) is 2.03. The monoisotopic (exact) mass is 288 g/mol. The molecule has 0 fully saturated rings. The van der Waals surface area contributed by atoms with Crippen LogP contribution in [0.2, 0.25) is 10.0 Å². The molecule has 0 amide bonds. The molecule has 0 saturated heterocycles. The summed E-state index contributed by atoms with van der Waals surface area (Å²) in [6, 6.07) is 5.48. The number of benzene rings is 1. The first-order valence-corrected chi connectivity index (χ1v) is 5.53. The molecule has 0 aliphatic heterocycles. The van der Waals surface area contributed by atoms with Crippen LogP contribution in [0.5, 0.6) is 0 Å². The fourth-order valence-electron chi connectivity index (χ4n) is 1.45. The van der Waals surface area contributed by atoms with E-state index in [1.807, 2.05) is 36.0 Å². The normalized spacial score (nSPS) is 11.1. The predicted molar refractivity (Wildman–Crippen MR) is 75.8 cm³/mol. The topological polar surface area (TPSA) is 17.8 Å². The van der Waals surface area contributed by atoms with E-state index in [0.29, 0.717) is 10.0 Å². The third kappa shape index (κ3) is 3.50. The van der Waals surface area contributed by atoms with Crippen LogP contribution in [0.3, 0.4) is 0 Å². The molecule has 0 saturated carbocycles. The summed E-state index contributed by atoms with van der Waals surface area (Å²) in [7, 11) is 0.